The SMILES string of the molecule is CC(=O)OC1=CC2=CCC/C(=C\CC3(C)C(=O)CC=C3OC(C)=O)C2(C(F)(F)F)CC1. The highest BCUT2D eigenvalue weighted by Gasteiger charge is 2.60. The fourth-order valence-corrected chi connectivity index (χ4v) is 4.65. The van der Waals surface area contributed by atoms with E-state index in [0.717, 1.165) is 0 Å². The Hall–Kier alpha value is -2.64. The molecule has 3 rings (SSSR count). The molecule has 0 aromatic rings. The first-order chi connectivity index (χ1) is 14.4. The maximum Gasteiger partial charge on any atom is 0.402 e. The van der Waals surface area contributed by atoms with Gasteiger partial charge in [-0.3, -0.25) is 14.4 Å². The van der Waals surface area contributed by atoms with Crippen molar-refractivity contribution < 1.29 is 37.0 Å². The van der Waals surface area contributed by atoms with E-state index in [4.69, 9.17) is 9.47 Å². The van der Waals surface area contributed by atoms with Crippen LogP contribution < -0.4 is 0 Å². The average molecular weight is 438 g/mol. The van der Waals surface area contributed by atoms with Crippen LogP contribution in [0.4, 0.5) is 13.2 Å². The molecule has 0 radical (unpaired) electrons. The van der Waals surface area contributed by atoms with E-state index >= 15 is 0 Å². The molecule has 168 valence electrons. The predicted molar refractivity (Wildman–Crippen MR) is 105 cm³/mol. The number of ketones is 1. The van der Waals surface area contributed by atoms with Crippen molar-refractivity contribution in [2.45, 2.75) is 65.5 Å². The van der Waals surface area contributed by atoms with Crippen LogP contribution in [0, 0.1) is 10.8 Å². The monoisotopic (exact) mass is 438 g/mol. The average Bonchev–Trinajstić information content (AvgIpc) is 2.92. The number of rotatable bonds is 4. The Bertz CT molecular complexity index is 937. The van der Waals surface area contributed by atoms with Crippen LogP contribution in [0.5, 0.6) is 0 Å². The summed E-state index contributed by atoms with van der Waals surface area (Å²) in [6.45, 7) is 4.02. The van der Waals surface area contributed by atoms with Gasteiger partial charge in [-0.2, -0.15) is 13.2 Å². The minimum Gasteiger partial charge on any atom is -0.431 e. The molecule has 5 nitrogen and oxygen atoms in total. The van der Waals surface area contributed by atoms with E-state index in [1.165, 1.54) is 32.1 Å². The molecule has 0 aromatic carbocycles. The number of carbonyl (C=O) groups is 3. The van der Waals surface area contributed by atoms with Gasteiger partial charge in [0.25, 0.3) is 0 Å². The summed E-state index contributed by atoms with van der Waals surface area (Å²) in [6, 6.07) is 0. The molecular formula is C23H25F3O5. The van der Waals surface area contributed by atoms with Gasteiger partial charge in [0.05, 0.1) is 5.41 Å². The molecule has 31 heavy (non-hydrogen) atoms. The molecule has 0 aliphatic heterocycles. The van der Waals surface area contributed by atoms with Crippen LogP contribution in [0.1, 0.15) is 59.3 Å². The Kier molecular flexibility index (Phi) is 6.04. The maximum atomic E-state index is 14.5. The molecule has 8 heteroatoms. The van der Waals surface area contributed by atoms with Gasteiger partial charge in [0.15, 0.2) is 0 Å². The van der Waals surface area contributed by atoms with Gasteiger partial charge in [-0.25, -0.2) is 0 Å². The third-order valence-electron chi connectivity index (χ3n) is 6.28. The first-order valence-electron chi connectivity index (χ1n) is 10.2. The Morgan fingerprint density at radius 3 is 2.42 bits per heavy atom. The van der Waals surface area contributed by atoms with Crippen LogP contribution in [-0.2, 0) is 23.9 Å². The molecule has 0 bridgehead atoms. The van der Waals surface area contributed by atoms with E-state index in [9.17, 15) is 27.6 Å². The zero-order valence-corrected chi connectivity index (χ0v) is 17.7. The molecule has 0 fully saturated rings. The van der Waals surface area contributed by atoms with E-state index < -0.39 is 28.9 Å². The zero-order chi connectivity index (χ0) is 23.0. The Morgan fingerprint density at radius 2 is 1.81 bits per heavy atom. The lowest BCUT2D eigenvalue weighted by molar-refractivity contribution is -0.200. The lowest BCUT2D eigenvalue weighted by Gasteiger charge is -2.44. The molecule has 0 saturated heterocycles. The molecule has 0 spiro atoms. The third-order valence-corrected chi connectivity index (χ3v) is 6.28. The normalized spacial score (nSPS) is 29.7. The summed E-state index contributed by atoms with van der Waals surface area (Å²) in [7, 11) is 0. The number of hydrogen-bond donors (Lipinski definition) is 0. The minimum absolute atomic E-state index is 0.00586. The number of alkyl halides is 3. The Balaban J connectivity index is 1.99. The van der Waals surface area contributed by atoms with Gasteiger partial charge in [0.2, 0.25) is 0 Å². The van der Waals surface area contributed by atoms with E-state index in [1.54, 1.807) is 13.0 Å². The van der Waals surface area contributed by atoms with Crippen molar-refractivity contribution in [2.75, 3.05) is 0 Å². The number of carbonyl (C=O) groups excluding carboxylic acids is 3. The number of ether oxygens (including phenoxy) is 2. The minimum atomic E-state index is -4.56. The number of halogens is 3. The third kappa shape index (κ3) is 4.12. The highest BCUT2D eigenvalue weighted by atomic mass is 19.4. The smallest absolute Gasteiger partial charge is 0.402 e. The number of allylic oxidation sites excluding steroid dienone is 8. The van der Waals surface area contributed by atoms with E-state index in [1.807, 2.05) is 0 Å². The number of Topliss-reactive ketones (excluding diaryl/α,β-unsaturated/α-hetero) is 1. The van der Waals surface area contributed by atoms with Gasteiger partial charge in [-0.05, 0) is 50.3 Å². The summed E-state index contributed by atoms with van der Waals surface area (Å²) in [5.41, 5.74) is -3.10. The van der Waals surface area contributed by atoms with Gasteiger partial charge in [-0.15, -0.1) is 0 Å². The molecular weight excluding hydrogens is 413 g/mol. The predicted octanol–water partition coefficient (Wildman–Crippen LogP) is 5.24. The van der Waals surface area contributed by atoms with Crippen molar-refractivity contribution >= 4 is 17.7 Å². The van der Waals surface area contributed by atoms with Crippen molar-refractivity contribution in [3.8, 4) is 0 Å². The molecule has 2 atom stereocenters. The van der Waals surface area contributed by atoms with Crippen molar-refractivity contribution in [3.05, 3.63) is 47.0 Å². The fraction of sp³-hybridized carbons (Fsp3) is 0.522. The second-order valence-electron chi connectivity index (χ2n) is 8.36. The lowest BCUT2D eigenvalue weighted by Crippen LogP contribution is -2.44. The summed E-state index contributed by atoms with van der Waals surface area (Å²) >= 11 is 0. The molecule has 0 heterocycles. The van der Waals surface area contributed by atoms with Crippen LogP contribution in [0.15, 0.2) is 47.0 Å². The molecule has 3 aliphatic carbocycles. The summed E-state index contributed by atoms with van der Waals surface area (Å²) in [5.74, 6) is -0.942. The van der Waals surface area contributed by atoms with Gasteiger partial charge in [0.1, 0.15) is 22.7 Å². The van der Waals surface area contributed by atoms with Crippen molar-refractivity contribution in [1.29, 1.82) is 0 Å². The Morgan fingerprint density at radius 1 is 1.13 bits per heavy atom. The van der Waals surface area contributed by atoms with Crippen LogP contribution in [0.25, 0.3) is 0 Å². The molecule has 0 aromatic heterocycles. The first-order valence-corrected chi connectivity index (χ1v) is 10.2. The molecule has 3 aliphatic rings. The molecule has 0 N–H and O–H groups in total. The molecule has 0 amide bonds. The van der Waals surface area contributed by atoms with Gasteiger partial charge in [0, 0.05) is 26.7 Å². The number of esters is 2. The van der Waals surface area contributed by atoms with Crippen LogP contribution in [0.3, 0.4) is 0 Å². The van der Waals surface area contributed by atoms with E-state index in [2.05, 4.69) is 0 Å². The highest BCUT2D eigenvalue weighted by Crippen LogP contribution is 2.59. The van der Waals surface area contributed by atoms with Gasteiger partial charge in [-0.1, -0.05) is 17.7 Å². The van der Waals surface area contributed by atoms with Crippen LogP contribution in [-0.4, -0.2) is 23.9 Å². The summed E-state index contributed by atoms with van der Waals surface area (Å²) in [5, 5.41) is 0. The summed E-state index contributed by atoms with van der Waals surface area (Å²) in [4.78, 5) is 35.1. The van der Waals surface area contributed by atoms with Crippen molar-refractivity contribution in [1.82, 2.24) is 0 Å². The second kappa shape index (κ2) is 8.13. The second-order valence-corrected chi connectivity index (χ2v) is 8.36. The summed E-state index contributed by atoms with van der Waals surface area (Å²) < 4.78 is 53.6. The first kappa shape index (κ1) is 23.0. The van der Waals surface area contributed by atoms with Gasteiger partial charge >= 0.3 is 18.1 Å². The standard InChI is InChI=1S/C23H25F3O5/c1-14(27)30-18-10-12-22(23(24,25)26)16(5-4-6-17(22)13-18)9-11-21(3)19(29)7-8-20(21)31-15(2)28/h6,8-9,13H,4-5,7,10-12H2,1-3H3/b16-9+. The van der Waals surface area contributed by atoms with Crippen LogP contribution in [0.2, 0.25) is 0 Å². The number of fused-ring (bicyclic) bond motifs is 1. The molecule has 2 unspecified atom stereocenters. The van der Waals surface area contributed by atoms with Gasteiger partial charge < -0.3 is 9.47 Å². The molecule has 0 saturated carbocycles. The zero-order valence-electron chi connectivity index (χ0n) is 17.7. The topological polar surface area (TPSA) is 69.7 Å². The Labute approximate surface area is 178 Å². The van der Waals surface area contributed by atoms with E-state index in [-0.39, 0.29) is 60.6 Å². The highest BCUT2D eigenvalue weighted by molar-refractivity contribution is 5.92. The maximum absolute atomic E-state index is 14.5. The quantitative estimate of drug-likeness (QED) is 0.444. The number of hydrogen-bond acceptors (Lipinski definition) is 5. The van der Waals surface area contributed by atoms with Crippen LogP contribution >= 0.6 is 0 Å². The lowest BCUT2D eigenvalue weighted by atomic mass is 9.62. The fourth-order valence-electron chi connectivity index (χ4n) is 4.65. The van der Waals surface area contributed by atoms with Crippen molar-refractivity contribution in [2.24, 2.45) is 10.8 Å². The van der Waals surface area contributed by atoms with Crippen molar-refractivity contribution in [3.63, 3.8) is 0 Å². The summed E-state index contributed by atoms with van der Waals surface area (Å²) in [6.07, 6.45) is 1.70. The van der Waals surface area contributed by atoms with E-state index in [0.29, 0.717) is 6.42 Å². The largest absolute Gasteiger partial charge is 0.431 e.